The number of carboxylic acid groups (broad SMARTS) is 1. The molecule has 3 unspecified atom stereocenters. The summed E-state index contributed by atoms with van der Waals surface area (Å²) in [6, 6.07) is 0. The summed E-state index contributed by atoms with van der Waals surface area (Å²) < 4.78 is 5.83. The summed E-state index contributed by atoms with van der Waals surface area (Å²) in [4.78, 5) is 11.1. The summed E-state index contributed by atoms with van der Waals surface area (Å²) in [5.74, 6) is 0.452. The molecule has 0 aliphatic heterocycles. The molecule has 0 saturated heterocycles. The van der Waals surface area contributed by atoms with Crippen molar-refractivity contribution in [1.29, 1.82) is 0 Å². The van der Waals surface area contributed by atoms with Gasteiger partial charge in [0, 0.05) is 6.61 Å². The van der Waals surface area contributed by atoms with E-state index in [0.717, 1.165) is 38.2 Å². The van der Waals surface area contributed by atoms with Crippen LogP contribution in [0.25, 0.3) is 0 Å². The normalized spacial score (nSPS) is 34.9. The van der Waals surface area contributed by atoms with E-state index in [1.54, 1.807) is 0 Å². The number of rotatable bonds is 5. The Morgan fingerprint density at radius 2 is 1.94 bits per heavy atom. The number of aliphatic carboxylic acids is 1. The maximum atomic E-state index is 11.1. The van der Waals surface area contributed by atoms with Crippen LogP contribution in [0.5, 0.6) is 0 Å². The lowest BCUT2D eigenvalue weighted by Crippen LogP contribution is -2.37. The minimum absolute atomic E-state index is 0.0307. The van der Waals surface area contributed by atoms with Crippen molar-refractivity contribution in [1.82, 2.24) is 0 Å². The summed E-state index contributed by atoms with van der Waals surface area (Å²) in [5.41, 5.74) is 0. The molecule has 1 N–H and O–H groups in total. The van der Waals surface area contributed by atoms with Gasteiger partial charge in [0.1, 0.15) is 0 Å². The average molecular weight is 226 g/mol. The number of carbonyl (C=O) groups is 1. The van der Waals surface area contributed by atoms with Crippen molar-refractivity contribution in [2.75, 3.05) is 6.61 Å². The van der Waals surface area contributed by atoms with Crippen molar-refractivity contribution < 1.29 is 14.6 Å². The zero-order chi connectivity index (χ0) is 11.5. The standard InChI is InChI=1S/C13H22O3/c1-2-9-5-6-11(13(14)15)12(7-9)16-8-10-3-4-10/h9-12H,2-8H2,1H3,(H,14,15). The minimum Gasteiger partial charge on any atom is -0.481 e. The van der Waals surface area contributed by atoms with E-state index in [2.05, 4.69) is 6.92 Å². The highest BCUT2D eigenvalue weighted by molar-refractivity contribution is 5.70. The smallest absolute Gasteiger partial charge is 0.309 e. The Bertz CT molecular complexity index is 248. The fraction of sp³-hybridized carbons (Fsp3) is 0.923. The highest BCUT2D eigenvalue weighted by Crippen LogP contribution is 2.35. The molecule has 0 spiro atoms. The van der Waals surface area contributed by atoms with Gasteiger partial charge in [0.05, 0.1) is 12.0 Å². The minimum atomic E-state index is -0.671. The summed E-state index contributed by atoms with van der Waals surface area (Å²) in [6.07, 6.45) is 6.44. The predicted octanol–water partition coefficient (Wildman–Crippen LogP) is 2.69. The van der Waals surface area contributed by atoms with Gasteiger partial charge in [-0.15, -0.1) is 0 Å². The van der Waals surface area contributed by atoms with Gasteiger partial charge >= 0.3 is 5.97 Å². The highest BCUT2D eigenvalue weighted by Gasteiger charge is 2.36. The molecule has 0 bridgehead atoms. The second kappa shape index (κ2) is 5.17. The Kier molecular flexibility index (Phi) is 3.85. The summed E-state index contributed by atoms with van der Waals surface area (Å²) in [7, 11) is 0. The molecule has 3 atom stereocenters. The molecule has 2 rings (SSSR count). The Hall–Kier alpha value is -0.570. The Balaban J connectivity index is 1.87. The van der Waals surface area contributed by atoms with Crippen LogP contribution in [0.15, 0.2) is 0 Å². The highest BCUT2D eigenvalue weighted by atomic mass is 16.5. The maximum absolute atomic E-state index is 11.1. The first-order valence-electron chi connectivity index (χ1n) is 6.55. The van der Waals surface area contributed by atoms with Gasteiger partial charge in [-0.1, -0.05) is 13.3 Å². The average Bonchev–Trinajstić information content (AvgIpc) is 3.09. The Morgan fingerprint density at radius 1 is 1.25 bits per heavy atom. The largest absolute Gasteiger partial charge is 0.481 e. The third-order valence-electron chi connectivity index (χ3n) is 4.04. The molecule has 0 amide bonds. The van der Waals surface area contributed by atoms with Crippen LogP contribution in [-0.4, -0.2) is 23.8 Å². The molecule has 2 fully saturated rings. The van der Waals surface area contributed by atoms with Gasteiger partial charge in [-0.3, -0.25) is 4.79 Å². The SMILES string of the molecule is CCC1CCC(C(=O)O)C(OCC2CC2)C1. The lowest BCUT2D eigenvalue weighted by molar-refractivity contribution is -0.151. The fourth-order valence-electron chi connectivity index (χ4n) is 2.59. The van der Waals surface area contributed by atoms with Crippen LogP contribution in [0.2, 0.25) is 0 Å². The lowest BCUT2D eigenvalue weighted by atomic mass is 9.78. The number of hydrogen-bond donors (Lipinski definition) is 1. The second-order valence-electron chi connectivity index (χ2n) is 5.35. The summed E-state index contributed by atoms with van der Waals surface area (Å²) in [6.45, 7) is 2.97. The summed E-state index contributed by atoms with van der Waals surface area (Å²) >= 11 is 0. The van der Waals surface area contributed by atoms with E-state index < -0.39 is 5.97 Å². The number of carboxylic acids is 1. The Morgan fingerprint density at radius 3 is 2.50 bits per heavy atom. The third-order valence-corrected chi connectivity index (χ3v) is 4.04. The van der Waals surface area contributed by atoms with Crippen molar-refractivity contribution in [3.05, 3.63) is 0 Å². The van der Waals surface area contributed by atoms with Crippen molar-refractivity contribution >= 4 is 5.97 Å². The predicted molar refractivity (Wildman–Crippen MR) is 61.2 cm³/mol. The molecule has 2 saturated carbocycles. The first kappa shape index (κ1) is 11.9. The van der Waals surface area contributed by atoms with Gasteiger partial charge < -0.3 is 9.84 Å². The quantitative estimate of drug-likeness (QED) is 0.784. The van der Waals surface area contributed by atoms with Gasteiger partial charge in [-0.2, -0.15) is 0 Å². The first-order chi connectivity index (χ1) is 7.70. The molecule has 2 aliphatic rings. The molecule has 3 heteroatoms. The molecular formula is C13H22O3. The topological polar surface area (TPSA) is 46.5 Å². The van der Waals surface area contributed by atoms with Crippen LogP contribution in [0, 0.1) is 17.8 Å². The van der Waals surface area contributed by atoms with Crippen LogP contribution in [0.1, 0.15) is 45.4 Å². The first-order valence-corrected chi connectivity index (χ1v) is 6.55. The molecule has 0 aromatic carbocycles. The number of hydrogen-bond acceptors (Lipinski definition) is 2. The molecule has 16 heavy (non-hydrogen) atoms. The van der Waals surface area contributed by atoms with Crippen molar-refractivity contribution in [3.63, 3.8) is 0 Å². The molecule has 0 aromatic heterocycles. The molecule has 2 aliphatic carbocycles. The third kappa shape index (κ3) is 2.97. The fourth-order valence-corrected chi connectivity index (χ4v) is 2.59. The van der Waals surface area contributed by atoms with Gasteiger partial charge in [0.15, 0.2) is 0 Å². The van der Waals surface area contributed by atoms with E-state index in [1.807, 2.05) is 0 Å². The van der Waals surface area contributed by atoms with Gasteiger partial charge in [-0.05, 0) is 43.9 Å². The van der Waals surface area contributed by atoms with Crippen LogP contribution >= 0.6 is 0 Å². The number of ether oxygens (including phenoxy) is 1. The van der Waals surface area contributed by atoms with E-state index in [0.29, 0.717) is 5.92 Å². The zero-order valence-electron chi connectivity index (χ0n) is 10.0. The molecule has 3 nitrogen and oxygen atoms in total. The van der Waals surface area contributed by atoms with Gasteiger partial charge in [0.2, 0.25) is 0 Å². The van der Waals surface area contributed by atoms with Crippen LogP contribution in [0.3, 0.4) is 0 Å². The molecule has 0 heterocycles. The van der Waals surface area contributed by atoms with Crippen molar-refractivity contribution in [2.24, 2.45) is 17.8 Å². The van der Waals surface area contributed by atoms with E-state index >= 15 is 0 Å². The lowest BCUT2D eigenvalue weighted by Gasteiger charge is -2.33. The zero-order valence-corrected chi connectivity index (χ0v) is 10.0. The second-order valence-corrected chi connectivity index (χ2v) is 5.35. The maximum Gasteiger partial charge on any atom is 0.309 e. The van der Waals surface area contributed by atoms with Crippen LogP contribution < -0.4 is 0 Å². The molecule has 92 valence electrons. The van der Waals surface area contributed by atoms with E-state index in [9.17, 15) is 4.79 Å². The van der Waals surface area contributed by atoms with Crippen LogP contribution in [0.4, 0.5) is 0 Å². The molecule has 0 radical (unpaired) electrons. The van der Waals surface area contributed by atoms with E-state index in [1.165, 1.54) is 12.8 Å². The van der Waals surface area contributed by atoms with Gasteiger partial charge in [0.25, 0.3) is 0 Å². The van der Waals surface area contributed by atoms with Gasteiger partial charge in [-0.25, -0.2) is 0 Å². The summed E-state index contributed by atoms with van der Waals surface area (Å²) in [5, 5.41) is 9.17. The monoisotopic (exact) mass is 226 g/mol. The van der Waals surface area contributed by atoms with Crippen LogP contribution in [-0.2, 0) is 9.53 Å². The molecule has 0 aromatic rings. The van der Waals surface area contributed by atoms with E-state index in [-0.39, 0.29) is 12.0 Å². The van der Waals surface area contributed by atoms with E-state index in [4.69, 9.17) is 9.84 Å². The van der Waals surface area contributed by atoms with Crippen molar-refractivity contribution in [2.45, 2.75) is 51.6 Å². The Labute approximate surface area is 97.2 Å². The molecular weight excluding hydrogens is 204 g/mol. The van der Waals surface area contributed by atoms with Crippen molar-refractivity contribution in [3.8, 4) is 0 Å².